The first-order valence-corrected chi connectivity index (χ1v) is 7.24. The predicted octanol–water partition coefficient (Wildman–Crippen LogP) is 2.20. The van der Waals surface area contributed by atoms with E-state index in [0.717, 1.165) is 25.2 Å². The van der Waals surface area contributed by atoms with Crippen LogP contribution in [0.25, 0.3) is 0 Å². The first-order valence-electron chi connectivity index (χ1n) is 7.24. The summed E-state index contributed by atoms with van der Waals surface area (Å²) in [7, 11) is 0. The maximum atomic E-state index is 10.4. The van der Waals surface area contributed by atoms with Crippen LogP contribution in [0.2, 0.25) is 0 Å². The average Bonchev–Trinajstić information content (AvgIpc) is 2.67. The molecule has 3 nitrogen and oxygen atoms in total. The van der Waals surface area contributed by atoms with Gasteiger partial charge < -0.3 is 9.84 Å². The summed E-state index contributed by atoms with van der Waals surface area (Å²) in [6, 6.07) is 6.32. The molecule has 1 aromatic rings. The predicted molar refractivity (Wildman–Crippen MR) is 75.2 cm³/mol. The Balaban J connectivity index is 1.66. The number of nitrogens with zero attached hydrogens (tertiary/aromatic N) is 1. The van der Waals surface area contributed by atoms with E-state index >= 15 is 0 Å². The SMILES string of the molecule is Cc1cc(C)cc(C(O)CN2CC3CCC(C2)O3)c1. The van der Waals surface area contributed by atoms with Gasteiger partial charge in [-0.15, -0.1) is 0 Å². The molecule has 0 spiro atoms. The minimum atomic E-state index is -0.393. The number of fused-ring (bicyclic) bond motifs is 2. The molecule has 0 aliphatic carbocycles. The van der Waals surface area contributed by atoms with Crippen molar-refractivity contribution in [2.45, 2.75) is 45.0 Å². The van der Waals surface area contributed by atoms with Crippen LogP contribution in [-0.4, -0.2) is 41.8 Å². The van der Waals surface area contributed by atoms with Crippen LogP contribution < -0.4 is 0 Å². The number of ether oxygens (including phenoxy) is 1. The van der Waals surface area contributed by atoms with Crippen LogP contribution in [0.5, 0.6) is 0 Å². The van der Waals surface area contributed by atoms with Gasteiger partial charge in [0.15, 0.2) is 0 Å². The van der Waals surface area contributed by atoms with Crippen molar-refractivity contribution in [2.75, 3.05) is 19.6 Å². The Kier molecular flexibility index (Phi) is 3.61. The van der Waals surface area contributed by atoms with Crippen molar-refractivity contribution < 1.29 is 9.84 Å². The lowest BCUT2D eigenvalue weighted by Gasteiger charge is -2.33. The summed E-state index contributed by atoms with van der Waals surface area (Å²) in [6.45, 7) is 6.83. The molecule has 1 aromatic carbocycles. The average molecular weight is 261 g/mol. The van der Waals surface area contributed by atoms with Gasteiger partial charge in [-0.25, -0.2) is 0 Å². The van der Waals surface area contributed by atoms with E-state index in [4.69, 9.17) is 4.74 Å². The molecule has 2 saturated heterocycles. The fourth-order valence-corrected chi connectivity index (χ4v) is 3.40. The number of aliphatic hydroxyl groups excluding tert-OH is 1. The largest absolute Gasteiger partial charge is 0.387 e. The Morgan fingerprint density at radius 3 is 2.32 bits per heavy atom. The highest BCUT2D eigenvalue weighted by Crippen LogP contribution is 2.27. The van der Waals surface area contributed by atoms with E-state index in [-0.39, 0.29) is 0 Å². The Labute approximate surface area is 115 Å². The second-order valence-corrected chi connectivity index (χ2v) is 6.11. The van der Waals surface area contributed by atoms with Gasteiger partial charge in [-0.2, -0.15) is 0 Å². The molecule has 3 unspecified atom stereocenters. The number of β-amino-alcohol motifs (C(OH)–C–C–N with tert-alkyl or cyclic N) is 1. The molecular weight excluding hydrogens is 238 g/mol. The molecule has 2 heterocycles. The number of likely N-dealkylation sites (tertiary alicyclic amines) is 1. The summed E-state index contributed by atoms with van der Waals surface area (Å²) < 4.78 is 5.83. The smallest absolute Gasteiger partial charge is 0.0917 e. The number of rotatable bonds is 3. The normalized spacial score (nSPS) is 28.6. The third-order valence-electron chi connectivity index (χ3n) is 4.18. The van der Waals surface area contributed by atoms with Gasteiger partial charge in [0.1, 0.15) is 0 Å². The Hall–Kier alpha value is -0.900. The quantitative estimate of drug-likeness (QED) is 0.905. The van der Waals surface area contributed by atoms with Crippen LogP contribution in [0.3, 0.4) is 0 Å². The summed E-state index contributed by atoms with van der Waals surface area (Å²) in [5.41, 5.74) is 3.48. The maximum Gasteiger partial charge on any atom is 0.0917 e. The van der Waals surface area contributed by atoms with Gasteiger partial charge in [-0.3, -0.25) is 4.90 Å². The van der Waals surface area contributed by atoms with E-state index in [1.54, 1.807) is 0 Å². The molecule has 0 saturated carbocycles. The summed E-state index contributed by atoms with van der Waals surface area (Å²) in [6.07, 6.45) is 2.76. The number of benzene rings is 1. The molecule has 0 amide bonds. The molecule has 19 heavy (non-hydrogen) atoms. The number of hydrogen-bond acceptors (Lipinski definition) is 3. The summed E-state index contributed by atoms with van der Waals surface area (Å²) in [5, 5.41) is 10.4. The zero-order valence-corrected chi connectivity index (χ0v) is 11.8. The van der Waals surface area contributed by atoms with Gasteiger partial charge in [0.25, 0.3) is 0 Å². The minimum Gasteiger partial charge on any atom is -0.387 e. The second kappa shape index (κ2) is 5.23. The van der Waals surface area contributed by atoms with Crippen LogP contribution in [0.1, 0.15) is 35.6 Å². The lowest BCUT2D eigenvalue weighted by molar-refractivity contribution is -0.0497. The van der Waals surface area contributed by atoms with Gasteiger partial charge in [-0.05, 0) is 32.3 Å². The van der Waals surface area contributed by atoms with E-state index in [1.807, 2.05) is 0 Å². The Bertz CT molecular complexity index is 428. The summed E-state index contributed by atoms with van der Waals surface area (Å²) in [4.78, 5) is 2.36. The van der Waals surface area contributed by atoms with E-state index < -0.39 is 6.10 Å². The summed E-state index contributed by atoms with van der Waals surface area (Å²) in [5.74, 6) is 0. The number of morpholine rings is 1. The minimum absolute atomic E-state index is 0.393. The van der Waals surface area contributed by atoms with Crippen molar-refractivity contribution in [1.82, 2.24) is 4.90 Å². The first kappa shape index (κ1) is 13.1. The van der Waals surface area contributed by atoms with Gasteiger partial charge >= 0.3 is 0 Å². The topological polar surface area (TPSA) is 32.7 Å². The highest BCUT2D eigenvalue weighted by Gasteiger charge is 2.34. The molecule has 2 aliphatic heterocycles. The third-order valence-corrected chi connectivity index (χ3v) is 4.18. The van der Waals surface area contributed by atoms with E-state index in [0.29, 0.717) is 12.2 Å². The second-order valence-electron chi connectivity index (χ2n) is 6.11. The van der Waals surface area contributed by atoms with Crippen LogP contribution in [-0.2, 0) is 4.74 Å². The first-order chi connectivity index (χ1) is 9.10. The van der Waals surface area contributed by atoms with Crippen LogP contribution >= 0.6 is 0 Å². The summed E-state index contributed by atoms with van der Waals surface area (Å²) >= 11 is 0. The van der Waals surface area contributed by atoms with Crippen LogP contribution in [0.4, 0.5) is 0 Å². The molecule has 3 atom stereocenters. The molecule has 3 heteroatoms. The molecular formula is C16H23NO2. The van der Waals surface area contributed by atoms with Crippen molar-refractivity contribution >= 4 is 0 Å². The molecule has 0 radical (unpaired) electrons. The van der Waals surface area contributed by atoms with Crippen molar-refractivity contribution in [1.29, 1.82) is 0 Å². The third kappa shape index (κ3) is 2.99. The van der Waals surface area contributed by atoms with Crippen molar-refractivity contribution in [3.05, 3.63) is 34.9 Å². The fourth-order valence-electron chi connectivity index (χ4n) is 3.40. The van der Waals surface area contributed by atoms with Crippen molar-refractivity contribution in [3.63, 3.8) is 0 Å². The number of aryl methyl sites for hydroxylation is 2. The molecule has 2 aliphatic rings. The van der Waals surface area contributed by atoms with E-state index in [1.165, 1.54) is 24.0 Å². The monoisotopic (exact) mass is 261 g/mol. The molecule has 3 rings (SSSR count). The lowest BCUT2D eigenvalue weighted by atomic mass is 10.0. The zero-order chi connectivity index (χ0) is 13.4. The Morgan fingerprint density at radius 2 is 1.74 bits per heavy atom. The lowest BCUT2D eigenvalue weighted by Crippen LogP contribution is -2.44. The van der Waals surface area contributed by atoms with Crippen LogP contribution in [0.15, 0.2) is 18.2 Å². The molecule has 0 aromatic heterocycles. The fraction of sp³-hybridized carbons (Fsp3) is 0.625. The number of hydrogen-bond donors (Lipinski definition) is 1. The molecule has 2 bridgehead atoms. The van der Waals surface area contributed by atoms with E-state index in [9.17, 15) is 5.11 Å². The highest BCUT2D eigenvalue weighted by molar-refractivity contribution is 5.30. The number of aliphatic hydroxyl groups is 1. The van der Waals surface area contributed by atoms with E-state index in [2.05, 4.69) is 36.9 Å². The van der Waals surface area contributed by atoms with Gasteiger partial charge in [0.05, 0.1) is 18.3 Å². The molecule has 1 N–H and O–H groups in total. The van der Waals surface area contributed by atoms with Gasteiger partial charge in [0.2, 0.25) is 0 Å². The van der Waals surface area contributed by atoms with Crippen molar-refractivity contribution in [2.24, 2.45) is 0 Å². The highest BCUT2D eigenvalue weighted by atomic mass is 16.5. The standard InChI is InChI=1S/C16H23NO2/c1-11-5-12(2)7-13(6-11)16(18)10-17-8-14-3-4-15(9-17)19-14/h5-7,14-16,18H,3-4,8-10H2,1-2H3. The molecule has 104 valence electrons. The zero-order valence-electron chi connectivity index (χ0n) is 11.8. The molecule has 2 fully saturated rings. The maximum absolute atomic E-state index is 10.4. The van der Waals surface area contributed by atoms with Gasteiger partial charge in [-0.1, -0.05) is 29.3 Å². The Morgan fingerprint density at radius 1 is 1.16 bits per heavy atom. The van der Waals surface area contributed by atoms with Crippen LogP contribution in [0, 0.1) is 13.8 Å². The van der Waals surface area contributed by atoms with Crippen molar-refractivity contribution in [3.8, 4) is 0 Å². The van der Waals surface area contributed by atoms with Gasteiger partial charge in [0, 0.05) is 19.6 Å².